The minimum Gasteiger partial charge on any atom is -0.481 e. The minimum absolute atomic E-state index is 0.000345. The Hall–Kier alpha value is -2.90. The topological polar surface area (TPSA) is 107 Å². The summed E-state index contributed by atoms with van der Waals surface area (Å²) in [5, 5.41) is 11.5. The van der Waals surface area contributed by atoms with E-state index in [0.717, 1.165) is 37.2 Å². The van der Waals surface area contributed by atoms with E-state index in [1.807, 2.05) is 29.2 Å². The number of carbonyl (C=O) groups excluding carboxylic acids is 3. The van der Waals surface area contributed by atoms with Gasteiger partial charge in [0.15, 0.2) is 0 Å². The Morgan fingerprint density at radius 2 is 1.48 bits per heavy atom. The fraction of sp³-hybridized carbons (Fsp3) is 0.565. The van der Waals surface area contributed by atoms with Crippen molar-refractivity contribution in [3.8, 4) is 0 Å². The second kappa shape index (κ2) is 9.08. The Kier molecular flexibility index (Phi) is 6.25. The normalized spacial score (nSPS) is 23.5. The zero-order chi connectivity index (χ0) is 22.0. The lowest BCUT2D eigenvalue weighted by atomic mass is 9.90. The lowest BCUT2D eigenvalue weighted by molar-refractivity contribution is -0.147. The summed E-state index contributed by atoms with van der Waals surface area (Å²) in [7, 11) is 0. The number of nitrogens with zero attached hydrogens (tertiary/aromatic N) is 2. The molecule has 3 fully saturated rings. The summed E-state index contributed by atoms with van der Waals surface area (Å²) >= 11 is 0. The highest BCUT2D eigenvalue weighted by Gasteiger charge is 2.33. The molecule has 3 aliphatic heterocycles. The molecule has 0 aromatic heterocycles. The molecule has 0 saturated carbocycles. The van der Waals surface area contributed by atoms with Crippen LogP contribution in [0.2, 0.25) is 0 Å². The first-order valence-electron chi connectivity index (χ1n) is 11.1. The lowest BCUT2D eigenvalue weighted by Crippen LogP contribution is -2.46. The fourth-order valence-corrected chi connectivity index (χ4v) is 4.92. The fourth-order valence-electron chi connectivity index (χ4n) is 4.92. The smallest absolute Gasteiger partial charge is 0.306 e. The number of benzene rings is 1. The van der Waals surface area contributed by atoms with Gasteiger partial charge in [0.2, 0.25) is 17.7 Å². The van der Waals surface area contributed by atoms with E-state index in [9.17, 15) is 19.2 Å². The molecule has 3 amide bonds. The van der Waals surface area contributed by atoms with Crippen LogP contribution in [-0.4, -0.2) is 59.9 Å². The number of hydrogen-bond donors (Lipinski definition) is 2. The van der Waals surface area contributed by atoms with Gasteiger partial charge < -0.3 is 14.9 Å². The van der Waals surface area contributed by atoms with Gasteiger partial charge >= 0.3 is 5.97 Å². The number of amides is 3. The van der Waals surface area contributed by atoms with E-state index in [-0.39, 0.29) is 35.5 Å². The molecule has 3 aliphatic rings. The Morgan fingerprint density at radius 3 is 2.06 bits per heavy atom. The average Bonchev–Trinajstić information content (AvgIpc) is 2.79. The number of nitrogens with one attached hydrogen (secondary N) is 1. The van der Waals surface area contributed by atoms with Crippen molar-refractivity contribution in [3.63, 3.8) is 0 Å². The lowest BCUT2D eigenvalue weighted by Gasteiger charge is -2.37. The molecule has 1 atom stereocenters. The third-order valence-corrected chi connectivity index (χ3v) is 6.90. The van der Waals surface area contributed by atoms with Gasteiger partial charge in [0.05, 0.1) is 11.8 Å². The van der Waals surface area contributed by atoms with Crippen molar-refractivity contribution in [2.45, 2.75) is 44.4 Å². The Morgan fingerprint density at radius 1 is 0.871 bits per heavy atom. The molecular weight excluding hydrogens is 398 g/mol. The summed E-state index contributed by atoms with van der Waals surface area (Å²) in [5.41, 5.74) is 1.99. The number of carboxylic acids is 1. The van der Waals surface area contributed by atoms with Crippen LogP contribution in [0, 0.1) is 11.8 Å². The number of carboxylic acid groups (broad SMARTS) is 1. The third kappa shape index (κ3) is 4.73. The second-order valence-corrected chi connectivity index (χ2v) is 8.79. The van der Waals surface area contributed by atoms with Gasteiger partial charge in [0, 0.05) is 44.2 Å². The van der Waals surface area contributed by atoms with E-state index in [1.165, 1.54) is 0 Å². The van der Waals surface area contributed by atoms with Crippen LogP contribution >= 0.6 is 0 Å². The summed E-state index contributed by atoms with van der Waals surface area (Å²) in [6.07, 6.45) is 3.56. The maximum Gasteiger partial charge on any atom is 0.306 e. The molecule has 1 aromatic carbocycles. The average molecular weight is 428 g/mol. The predicted molar refractivity (Wildman–Crippen MR) is 113 cm³/mol. The Labute approximate surface area is 181 Å². The van der Waals surface area contributed by atoms with Gasteiger partial charge in [-0.25, -0.2) is 0 Å². The number of hydrogen-bond acceptors (Lipinski definition) is 5. The number of rotatable bonds is 4. The highest BCUT2D eigenvalue weighted by molar-refractivity contribution is 6.00. The standard InChI is InChI=1S/C23H29N3O5/c27-20-6-5-19(21(28)24-20)15-1-3-18(4-2-15)25-11-7-16(8-12-25)22(29)26-13-9-17(10-14-26)23(30)31/h1-4,16-17,19H,5-14H2,(H,30,31)(H,24,27,28). The van der Waals surface area contributed by atoms with Crippen LogP contribution in [0.15, 0.2) is 24.3 Å². The van der Waals surface area contributed by atoms with Gasteiger partial charge in [0.25, 0.3) is 0 Å². The van der Waals surface area contributed by atoms with Crippen molar-refractivity contribution in [1.82, 2.24) is 10.2 Å². The number of piperidine rings is 3. The molecular formula is C23H29N3O5. The van der Waals surface area contributed by atoms with Crippen molar-refractivity contribution < 1.29 is 24.3 Å². The molecule has 0 spiro atoms. The van der Waals surface area contributed by atoms with E-state index in [1.54, 1.807) is 0 Å². The van der Waals surface area contributed by atoms with Crippen molar-refractivity contribution in [2.75, 3.05) is 31.1 Å². The number of carbonyl (C=O) groups is 4. The highest BCUT2D eigenvalue weighted by atomic mass is 16.4. The molecule has 3 saturated heterocycles. The molecule has 8 heteroatoms. The Bertz CT molecular complexity index is 852. The summed E-state index contributed by atoms with van der Waals surface area (Å²) in [6.45, 7) is 2.66. The molecule has 8 nitrogen and oxygen atoms in total. The number of aliphatic carboxylic acids is 1. The van der Waals surface area contributed by atoms with Gasteiger partial charge in [-0.3, -0.25) is 24.5 Å². The summed E-state index contributed by atoms with van der Waals surface area (Å²) in [4.78, 5) is 51.5. The predicted octanol–water partition coefficient (Wildman–Crippen LogP) is 1.75. The summed E-state index contributed by atoms with van der Waals surface area (Å²) < 4.78 is 0. The van der Waals surface area contributed by atoms with Crippen molar-refractivity contribution in [2.24, 2.45) is 11.8 Å². The number of anilines is 1. The first-order chi connectivity index (χ1) is 14.9. The van der Waals surface area contributed by atoms with Crippen molar-refractivity contribution >= 4 is 29.4 Å². The van der Waals surface area contributed by atoms with Crippen LogP contribution in [-0.2, 0) is 19.2 Å². The van der Waals surface area contributed by atoms with E-state index < -0.39 is 5.97 Å². The van der Waals surface area contributed by atoms with E-state index in [0.29, 0.717) is 38.8 Å². The van der Waals surface area contributed by atoms with Crippen LogP contribution in [0.5, 0.6) is 0 Å². The minimum atomic E-state index is -0.760. The van der Waals surface area contributed by atoms with Gasteiger partial charge in [-0.2, -0.15) is 0 Å². The second-order valence-electron chi connectivity index (χ2n) is 8.79. The van der Waals surface area contributed by atoms with E-state index in [2.05, 4.69) is 10.2 Å². The Balaban J connectivity index is 1.29. The highest BCUT2D eigenvalue weighted by Crippen LogP contribution is 2.30. The monoisotopic (exact) mass is 427 g/mol. The molecule has 3 heterocycles. The third-order valence-electron chi connectivity index (χ3n) is 6.90. The maximum atomic E-state index is 12.8. The first kappa shape index (κ1) is 21.3. The molecule has 0 radical (unpaired) electrons. The SMILES string of the molecule is O=C1CCC(c2ccc(N3CCC(C(=O)N4CCC(C(=O)O)CC4)CC3)cc2)C(=O)N1. The molecule has 1 unspecified atom stereocenters. The van der Waals surface area contributed by atoms with Gasteiger partial charge in [-0.1, -0.05) is 12.1 Å². The van der Waals surface area contributed by atoms with Gasteiger partial charge in [-0.15, -0.1) is 0 Å². The molecule has 31 heavy (non-hydrogen) atoms. The van der Waals surface area contributed by atoms with Crippen molar-refractivity contribution in [3.05, 3.63) is 29.8 Å². The quantitative estimate of drug-likeness (QED) is 0.709. The number of likely N-dealkylation sites (tertiary alicyclic amines) is 1. The van der Waals surface area contributed by atoms with Crippen LogP contribution in [0.1, 0.15) is 50.0 Å². The van der Waals surface area contributed by atoms with E-state index >= 15 is 0 Å². The molecule has 0 bridgehead atoms. The van der Waals surface area contributed by atoms with Crippen LogP contribution in [0.25, 0.3) is 0 Å². The molecule has 2 N–H and O–H groups in total. The van der Waals surface area contributed by atoms with Crippen molar-refractivity contribution in [1.29, 1.82) is 0 Å². The first-order valence-corrected chi connectivity index (χ1v) is 11.1. The van der Waals surface area contributed by atoms with Gasteiger partial charge in [-0.05, 0) is 49.8 Å². The van der Waals surface area contributed by atoms with Gasteiger partial charge in [0.1, 0.15) is 0 Å². The summed E-state index contributed by atoms with van der Waals surface area (Å²) in [6, 6.07) is 7.94. The molecule has 4 rings (SSSR count). The molecule has 0 aliphatic carbocycles. The van der Waals surface area contributed by atoms with Crippen LogP contribution < -0.4 is 10.2 Å². The summed E-state index contributed by atoms with van der Waals surface area (Å²) in [5.74, 6) is -1.63. The molecule has 1 aromatic rings. The van der Waals surface area contributed by atoms with Crippen LogP contribution in [0.3, 0.4) is 0 Å². The van der Waals surface area contributed by atoms with E-state index in [4.69, 9.17) is 5.11 Å². The molecule has 166 valence electrons. The zero-order valence-corrected chi connectivity index (χ0v) is 17.6. The largest absolute Gasteiger partial charge is 0.481 e. The zero-order valence-electron chi connectivity index (χ0n) is 17.6. The number of imide groups is 1. The maximum absolute atomic E-state index is 12.8. The van der Waals surface area contributed by atoms with Crippen LogP contribution in [0.4, 0.5) is 5.69 Å².